The summed E-state index contributed by atoms with van der Waals surface area (Å²) >= 11 is 1.57. The van der Waals surface area contributed by atoms with Crippen LogP contribution in [0.25, 0.3) is 27.3 Å². The number of H-pyrrole nitrogens is 1. The Morgan fingerprint density at radius 3 is 2.43 bits per heavy atom. The second-order valence-electron chi connectivity index (χ2n) is 7.30. The maximum absolute atomic E-state index is 13.1. The molecule has 0 aliphatic carbocycles. The van der Waals surface area contributed by atoms with E-state index < -0.39 is 0 Å². The Balaban J connectivity index is 1.18. The number of aromatic amines is 1. The summed E-state index contributed by atoms with van der Waals surface area (Å²) in [5.41, 5.74) is 3.74. The molecule has 1 aliphatic heterocycles. The van der Waals surface area contributed by atoms with Crippen molar-refractivity contribution in [3.63, 3.8) is 0 Å². The molecule has 2 aromatic carbocycles. The van der Waals surface area contributed by atoms with Crippen LogP contribution in [0.4, 0.5) is 15.5 Å². The summed E-state index contributed by atoms with van der Waals surface area (Å²) in [7, 11) is 0. The van der Waals surface area contributed by atoms with Gasteiger partial charge >= 0.3 is 0 Å². The van der Waals surface area contributed by atoms with Gasteiger partial charge in [-0.2, -0.15) is 0 Å². The number of hydrogen-bond donors (Lipinski definition) is 1. The van der Waals surface area contributed by atoms with E-state index in [1.807, 2.05) is 35.0 Å². The van der Waals surface area contributed by atoms with Gasteiger partial charge in [0.05, 0.1) is 22.9 Å². The van der Waals surface area contributed by atoms with Crippen LogP contribution in [0, 0.1) is 5.82 Å². The van der Waals surface area contributed by atoms with E-state index in [0.717, 1.165) is 64.5 Å². The van der Waals surface area contributed by atoms with Crippen LogP contribution in [-0.4, -0.2) is 50.7 Å². The summed E-state index contributed by atoms with van der Waals surface area (Å²) in [5.74, 6) is 0.677. The van der Waals surface area contributed by atoms with Gasteiger partial charge in [-0.1, -0.05) is 23.5 Å². The summed E-state index contributed by atoms with van der Waals surface area (Å²) in [6.45, 7) is 3.50. The fraction of sp³-hybridized carbons (Fsp3) is 0.190. The van der Waals surface area contributed by atoms with Crippen molar-refractivity contribution >= 4 is 38.4 Å². The summed E-state index contributed by atoms with van der Waals surface area (Å²) in [6, 6.07) is 14.5. The third-order valence-corrected chi connectivity index (χ3v) is 6.38. The largest absolute Gasteiger partial charge is 0.343 e. The quantitative estimate of drug-likeness (QED) is 0.482. The van der Waals surface area contributed by atoms with Gasteiger partial charge in [0, 0.05) is 31.7 Å². The van der Waals surface area contributed by atoms with Gasteiger partial charge in [-0.25, -0.2) is 18.9 Å². The number of hydrogen-bond acceptors (Lipinski definition) is 6. The molecule has 7 nitrogen and oxygen atoms in total. The van der Waals surface area contributed by atoms with Crippen LogP contribution >= 0.6 is 11.3 Å². The average molecular weight is 419 g/mol. The molecular formula is C21H18FN7S. The number of para-hydroxylation sites is 2. The van der Waals surface area contributed by atoms with Crippen LogP contribution in [0.15, 0.2) is 54.7 Å². The fourth-order valence-electron chi connectivity index (χ4n) is 3.78. The molecule has 0 spiro atoms. The van der Waals surface area contributed by atoms with Gasteiger partial charge in [0.15, 0.2) is 0 Å². The van der Waals surface area contributed by atoms with Crippen molar-refractivity contribution in [2.24, 2.45) is 0 Å². The van der Waals surface area contributed by atoms with E-state index in [9.17, 15) is 4.39 Å². The highest BCUT2D eigenvalue weighted by Crippen LogP contribution is 2.28. The van der Waals surface area contributed by atoms with Gasteiger partial charge in [0.2, 0.25) is 16.0 Å². The van der Waals surface area contributed by atoms with E-state index in [1.165, 1.54) is 12.1 Å². The third kappa shape index (κ3) is 2.98. The molecule has 0 saturated carbocycles. The second-order valence-corrected chi connectivity index (χ2v) is 8.23. The molecule has 4 heterocycles. The van der Waals surface area contributed by atoms with Crippen molar-refractivity contribution in [2.75, 3.05) is 36.0 Å². The molecule has 0 atom stereocenters. The number of nitrogens with zero attached hydrogens (tertiary/aromatic N) is 6. The average Bonchev–Trinajstić information content (AvgIpc) is 3.47. The smallest absolute Gasteiger partial charge is 0.214 e. The molecule has 3 aromatic heterocycles. The normalized spacial score (nSPS) is 14.8. The zero-order valence-electron chi connectivity index (χ0n) is 16.0. The Kier molecular flexibility index (Phi) is 3.95. The van der Waals surface area contributed by atoms with Crippen LogP contribution in [-0.2, 0) is 0 Å². The lowest BCUT2D eigenvalue weighted by Crippen LogP contribution is -2.47. The van der Waals surface area contributed by atoms with Crippen molar-refractivity contribution in [3.8, 4) is 11.3 Å². The highest BCUT2D eigenvalue weighted by atomic mass is 32.1. The van der Waals surface area contributed by atoms with Crippen molar-refractivity contribution in [2.45, 2.75) is 0 Å². The molecule has 0 unspecified atom stereocenters. The number of aromatic nitrogens is 5. The molecule has 150 valence electrons. The molecule has 0 radical (unpaired) electrons. The molecule has 1 N–H and O–H groups in total. The Labute approximate surface area is 175 Å². The van der Waals surface area contributed by atoms with E-state index in [1.54, 1.807) is 23.5 Å². The number of benzene rings is 2. The minimum Gasteiger partial charge on any atom is -0.343 e. The SMILES string of the molecule is Fc1ccc(-c2cn3nc(N4CCN(c5nc6ccccc6[nH]5)CC4)sc3n2)cc1. The number of rotatable bonds is 3. The minimum atomic E-state index is -0.248. The van der Waals surface area contributed by atoms with E-state index in [-0.39, 0.29) is 5.82 Å². The maximum Gasteiger partial charge on any atom is 0.214 e. The van der Waals surface area contributed by atoms with E-state index in [0.29, 0.717) is 0 Å². The van der Waals surface area contributed by atoms with Crippen LogP contribution < -0.4 is 9.80 Å². The summed E-state index contributed by atoms with van der Waals surface area (Å²) < 4.78 is 15.0. The molecule has 1 saturated heterocycles. The third-order valence-electron chi connectivity index (χ3n) is 5.40. The van der Waals surface area contributed by atoms with Gasteiger partial charge in [-0.05, 0) is 36.4 Å². The number of anilines is 2. The fourth-order valence-corrected chi connectivity index (χ4v) is 4.71. The maximum atomic E-state index is 13.1. The zero-order valence-corrected chi connectivity index (χ0v) is 16.8. The van der Waals surface area contributed by atoms with E-state index in [2.05, 4.69) is 19.8 Å². The molecule has 0 amide bonds. The van der Waals surface area contributed by atoms with Crippen molar-refractivity contribution in [1.82, 2.24) is 24.6 Å². The first kappa shape index (κ1) is 17.4. The predicted octanol–water partition coefficient (Wildman–Crippen LogP) is 3.80. The van der Waals surface area contributed by atoms with Crippen molar-refractivity contribution in [1.29, 1.82) is 0 Å². The monoisotopic (exact) mass is 419 g/mol. The molecule has 1 aliphatic rings. The van der Waals surface area contributed by atoms with Gasteiger partial charge < -0.3 is 14.8 Å². The lowest BCUT2D eigenvalue weighted by atomic mass is 10.2. The number of nitrogens with one attached hydrogen (secondary N) is 1. The highest BCUT2D eigenvalue weighted by Gasteiger charge is 2.22. The second kappa shape index (κ2) is 6.81. The molecule has 30 heavy (non-hydrogen) atoms. The first-order chi connectivity index (χ1) is 14.7. The lowest BCUT2D eigenvalue weighted by molar-refractivity contribution is 0.628. The molecular weight excluding hydrogens is 401 g/mol. The van der Waals surface area contributed by atoms with Gasteiger partial charge in [-0.15, -0.1) is 5.10 Å². The van der Waals surface area contributed by atoms with Gasteiger partial charge in [0.1, 0.15) is 5.82 Å². The lowest BCUT2D eigenvalue weighted by Gasteiger charge is -2.34. The molecule has 1 fully saturated rings. The molecule has 0 bridgehead atoms. The summed E-state index contributed by atoms with van der Waals surface area (Å²) in [6.07, 6.45) is 1.90. The number of imidazole rings is 2. The van der Waals surface area contributed by atoms with Crippen LogP contribution in [0.3, 0.4) is 0 Å². The number of halogens is 1. The topological polar surface area (TPSA) is 65.3 Å². The van der Waals surface area contributed by atoms with E-state index in [4.69, 9.17) is 10.1 Å². The van der Waals surface area contributed by atoms with Gasteiger partial charge in [0.25, 0.3) is 0 Å². The first-order valence-corrected chi connectivity index (χ1v) is 10.6. The molecule has 6 rings (SSSR count). The summed E-state index contributed by atoms with van der Waals surface area (Å²) in [4.78, 5) is 18.2. The highest BCUT2D eigenvalue weighted by molar-refractivity contribution is 7.20. The molecule has 9 heteroatoms. The van der Waals surface area contributed by atoms with Gasteiger partial charge in [-0.3, -0.25) is 0 Å². The Morgan fingerprint density at radius 2 is 1.67 bits per heavy atom. The standard InChI is InChI=1S/C21H18FN7S/c22-15-7-5-14(6-8-15)18-13-29-20(25-18)30-21(26-29)28-11-9-27(10-12-28)19-23-16-3-1-2-4-17(16)24-19/h1-8,13H,9-12H2,(H,23,24). The van der Waals surface area contributed by atoms with Crippen LogP contribution in [0.2, 0.25) is 0 Å². The number of piperazine rings is 1. The summed E-state index contributed by atoms with van der Waals surface area (Å²) in [5, 5.41) is 5.68. The first-order valence-electron chi connectivity index (χ1n) is 9.80. The Morgan fingerprint density at radius 1 is 0.900 bits per heavy atom. The minimum absolute atomic E-state index is 0.248. The number of fused-ring (bicyclic) bond motifs is 2. The van der Waals surface area contributed by atoms with Crippen LogP contribution in [0.1, 0.15) is 0 Å². The zero-order chi connectivity index (χ0) is 20.1. The van der Waals surface area contributed by atoms with Crippen LogP contribution in [0.5, 0.6) is 0 Å². The predicted molar refractivity (Wildman–Crippen MR) is 117 cm³/mol. The van der Waals surface area contributed by atoms with Crippen molar-refractivity contribution in [3.05, 3.63) is 60.5 Å². The van der Waals surface area contributed by atoms with Crippen molar-refractivity contribution < 1.29 is 4.39 Å². The Bertz CT molecular complexity index is 1260. The van der Waals surface area contributed by atoms with E-state index >= 15 is 0 Å². The Hall–Kier alpha value is -3.46. The molecule has 5 aromatic rings.